The number of carbonyl (C=O) groups excluding carboxylic acids is 2. The molecule has 0 aromatic heterocycles. The van der Waals surface area contributed by atoms with Gasteiger partial charge in [0.05, 0.1) is 24.4 Å². The lowest BCUT2D eigenvalue weighted by Gasteiger charge is -2.55. The molecule has 0 aromatic rings. The lowest BCUT2D eigenvalue weighted by molar-refractivity contribution is -0.170. The van der Waals surface area contributed by atoms with E-state index in [1.165, 1.54) is 96.0 Å². The van der Waals surface area contributed by atoms with Gasteiger partial charge in [0.25, 0.3) is 0 Å². The summed E-state index contributed by atoms with van der Waals surface area (Å²) in [6.45, 7) is 5.49. The normalized spacial score (nSPS) is 37.3. The number of hydrogen-bond donors (Lipinski definition) is 1. The molecule has 1 saturated heterocycles. The molecule has 1 amide bonds. The molecule has 6 nitrogen and oxygen atoms in total. The first kappa shape index (κ1) is 35.4. The Morgan fingerprint density at radius 1 is 0.681 bits per heavy atom. The number of carbonyl (C=O) groups is 2. The molecule has 0 bridgehead atoms. The van der Waals surface area contributed by atoms with Gasteiger partial charge in [-0.05, 0) is 132 Å². The molecule has 6 aliphatic rings. The van der Waals surface area contributed by atoms with Crippen LogP contribution in [-0.2, 0) is 19.1 Å². The molecule has 0 aromatic carbocycles. The molecule has 7 atom stereocenters. The summed E-state index contributed by atoms with van der Waals surface area (Å²) in [5, 5.41) is 13.4. The highest BCUT2D eigenvalue weighted by molar-refractivity contribution is 5.81. The second kappa shape index (κ2) is 17.0. The lowest BCUT2D eigenvalue weighted by Crippen LogP contribution is -2.62. The van der Waals surface area contributed by atoms with Gasteiger partial charge < -0.3 is 19.5 Å². The fourth-order valence-electron chi connectivity index (χ4n) is 11.7. The lowest BCUT2D eigenvalue weighted by atomic mass is 9.55. The van der Waals surface area contributed by atoms with Crippen LogP contribution in [-0.4, -0.2) is 59.4 Å². The first-order valence-corrected chi connectivity index (χ1v) is 20.4. The molecular formula is C41H67NO5. The second-order valence-corrected chi connectivity index (χ2v) is 16.8. The number of hydrogen-bond acceptors (Lipinski definition) is 5. The van der Waals surface area contributed by atoms with E-state index in [-0.39, 0.29) is 24.0 Å². The summed E-state index contributed by atoms with van der Waals surface area (Å²) in [5.74, 6) is 4.15. The van der Waals surface area contributed by atoms with Crippen LogP contribution in [0.4, 0.5) is 0 Å². The molecular weight excluding hydrogens is 586 g/mol. The molecule has 5 aliphatic carbocycles. The van der Waals surface area contributed by atoms with Crippen LogP contribution in [0.15, 0.2) is 12.7 Å². The molecule has 0 radical (unpaired) electrons. The van der Waals surface area contributed by atoms with Crippen LogP contribution < -0.4 is 0 Å². The summed E-state index contributed by atoms with van der Waals surface area (Å²) < 4.78 is 11.3. The van der Waals surface area contributed by atoms with Crippen molar-refractivity contribution >= 4 is 11.9 Å². The number of amides is 1. The van der Waals surface area contributed by atoms with Crippen molar-refractivity contribution in [2.75, 3.05) is 19.8 Å². The van der Waals surface area contributed by atoms with Crippen molar-refractivity contribution in [2.45, 2.75) is 172 Å². The van der Waals surface area contributed by atoms with Crippen LogP contribution in [0.5, 0.6) is 0 Å². The molecule has 6 unspecified atom stereocenters. The zero-order chi connectivity index (χ0) is 32.6. The van der Waals surface area contributed by atoms with E-state index < -0.39 is 5.60 Å². The molecule has 1 N–H and O–H groups in total. The summed E-state index contributed by atoms with van der Waals surface area (Å²) in [6.07, 6.45) is 29.7. The second-order valence-electron chi connectivity index (χ2n) is 16.8. The molecule has 1 heterocycles. The van der Waals surface area contributed by atoms with Gasteiger partial charge in [0.1, 0.15) is 0 Å². The number of ether oxygens (including phenoxy) is 2. The van der Waals surface area contributed by atoms with Gasteiger partial charge in [-0.25, -0.2) is 4.79 Å². The summed E-state index contributed by atoms with van der Waals surface area (Å²) >= 11 is 0. The zero-order valence-electron chi connectivity index (χ0n) is 29.6. The van der Waals surface area contributed by atoms with Crippen molar-refractivity contribution in [2.24, 2.45) is 41.4 Å². The van der Waals surface area contributed by atoms with E-state index in [0.717, 1.165) is 101 Å². The van der Waals surface area contributed by atoms with Crippen molar-refractivity contribution in [3.05, 3.63) is 12.7 Å². The molecule has 1 aliphatic heterocycles. The minimum absolute atomic E-state index is 0.0135. The third-order valence-corrected chi connectivity index (χ3v) is 14.3. The number of rotatable bonds is 13. The summed E-state index contributed by atoms with van der Waals surface area (Å²) in [7, 11) is 0. The highest BCUT2D eigenvalue weighted by Crippen LogP contribution is 2.55. The van der Waals surface area contributed by atoms with Gasteiger partial charge in [0, 0.05) is 25.1 Å². The van der Waals surface area contributed by atoms with Gasteiger partial charge in [0.2, 0.25) is 5.91 Å². The van der Waals surface area contributed by atoms with Crippen LogP contribution in [0.2, 0.25) is 0 Å². The van der Waals surface area contributed by atoms with Gasteiger partial charge in [-0.3, -0.25) is 4.79 Å². The van der Waals surface area contributed by atoms with Gasteiger partial charge in [-0.15, -0.1) is 0 Å². The SMILES string of the molecule is C=CC(=O)OCCCCCCOC1CCC(C(=O)N2CCC[C@H]2C(O)(C2CCC3CCCCC3C2)C2CCC3CCCCC3C2)CC1. The van der Waals surface area contributed by atoms with E-state index in [1.807, 2.05) is 0 Å². The van der Waals surface area contributed by atoms with Gasteiger partial charge in [-0.1, -0.05) is 64.4 Å². The number of esters is 1. The van der Waals surface area contributed by atoms with Crippen molar-refractivity contribution in [3.8, 4) is 0 Å². The standard InChI is InChI=1S/C41H67NO5/c1-2-39(43)47-27-10-4-3-9-26-46-37-23-19-32(20-24-37)40(44)42-25-11-16-38(42)41(45,35-21-17-30-12-5-7-14-33(30)28-35)36-22-18-31-13-6-8-15-34(31)29-36/h2,30-38,45H,1,3-29H2/t30?,31?,32?,33?,34?,35?,36?,37?,38-,41?/m0/s1. The Morgan fingerprint density at radius 2 is 1.26 bits per heavy atom. The van der Waals surface area contributed by atoms with E-state index in [4.69, 9.17) is 9.47 Å². The molecule has 47 heavy (non-hydrogen) atoms. The summed E-state index contributed by atoms with van der Waals surface area (Å²) in [6, 6.07) is 0.0135. The fourth-order valence-corrected chi connectivity index (χ4v) is 11.7. The molecule has 6 heteroatoms. The topological polar surface area (TPSA) is 76.1 Å². The van der Waals surface area contributed by atoms with E-state index in [0.29, 0.717) is 24.3 Å². The minimum Gasteiger partial charge on any atom is -0.463 e. The number of aliphatic hydroxyl groups is 1. The zero-order valence-corrected chi connectivity index (χ0v) is 29.6. The Balaban J connectivity index is 1.04. The van der Waals surface area contributed by atoms with Gasteiger partial charge in [-0.2, -0.15) is 0 Å². The fraction of sp³-hybridized carbons (Fsp3) is 0.902. The van der Waals surface area contributed by atoms with Gasteiger partial charge in [0.15, 0.2) is 0 Å². The monoisotopic (exact) mass is 654 g/mol. The Kier molecular flexibility index (Phi) is 12.8. The first-order valence-electron chi connectivity index (χ1n) is 20.4. The van der Waals surface area contributed by atoms with Crippen LogP contribution in [0.3, 0.4) is 0 Å². The maximum atomic E-state index is 14.4. The highest BCUT2D eigenvalue weighted by Gasteiger charge is 2.57. The third kappa shape index (κ3) is 8.50. The van der Waals surface area contributed by atoms with Gasteiger partial charge >= 0.3 is 5.97 Å². The average molecular weight is 654 g/mol. The summed E-state index contributed by atoms with van der Waals surface area (Å²) in [5.41, 5.74) is -0.718. The Bertz CT molecular complexity index is 987. The Labute approximate surface area is 286 Å². The van der Waals surface area contributed by atoms with Crippen molar-refractivity contribution < 1.29 is 24.2 Å². The number of unbranched alkanes of at least 4 members (excludes halogenated alkanes) is 3. The molecule has 266 valence electrons. The van der Waals surface area contributed by atoms with Crippen LogP contribution >= 0.6 is 0 Å². The maximum Gasteiger partial charge on any atom is 0.330 e. The molecule has 5 saturated carbocycles. The largest absolute Gasteiger partial charge is 0.463 e. The third-order valence-electron chi connectivity index (χ3n) is 14.3. The van der Waals surface area contributed by atoms with Crippen molar-refractivity contribution in [1.29, 1.82) is 0 Å². The molecule has 6 rings (SSSR count). The van der Waals surface area contributed by atoms with E-state index in [2.05, 4.69) is 11.5 Å². The smallest absolute Gasteiger partial charge is 0.330 e. The maximum absolute atomic E-state index is 14.4. The minimum atomic E-state index is -0.718. The van der Waals surface area contributed by atoms with E-state index in [9.17, 15) is 14.7 Å². The number of likely N-dealkylation sites (tertiary alicyclic amines) is 1. The van der Waals surface area contributed by atoms with Crippen LogP contribution in [0.25, 0.3) is 0 Å². The predicted molar refractivity (Wildman–Crippen MR) is 187 cm³/mol. The Hall–Kier alpha value is -1.40. The Morgan fingerprint density at radius 3 is 1.85 bits per heavy atom. The van der Waals surface area contributed by atoms with E-state index in [1.54, 1.807) is 0 Å². The quantitative estimate of drug-likeness (QED) is 0.122. The van der Waals surface area contributed by atoms with Crippen LogP contribution in [0.1, 0.15) is 154 Å². The predicted octanol–water partition coefficient (Wildman–Crippen LogP) is 8.79. The van der Waals surface area contributed by atoms with E-state index >= 15 is 0 Å². The number of nitrogens with zero attached hydrogens (tertiary/aromatic N) is 1. The van der Waals surface area contributed by atoms with Crippen molar-refractivity contribution in [3.63, 3.8) is 0 Å². The summed E-state index contributed by atoms with van der Waals surface area (Å²) in [4.78, 5) is 27.8. The first-order chi connectivity index (χ1) is 23.0. The molecule has 6 fully saturated rings. The number of fused-ring (bicyclic) bond motifs is 2. The van der Waals surface area contributed by atoms with Crippen molar-refractivity contribution in [1.82, 2.24) is 4.90 Å². The van der Waals surface area contributed by atoms with Crippen LogP contribution in [0, 0.1) is 41.4 Å². The molecule has 0 spiro atoms. The average Bonchev–Trinajstić information content (AvgIpc) is 3.62. The highest BCUT2D eigenvalue weighted by atomic mass is 16.5.